The molecule has 0 heterocycles. The minimum Gasteiger partial charge on any atom is -0.504 e. The van der Waals surface area contributed by atoms with Gasteiger partial charge in [-0.25, -0.2) is 5.11 Å². The van der Waals surface area contributed by atoms with Crippen molar-refractivity contribution in [3.05, 3.63) is 23.8 Å². The van der Waals surface area contributed by atoms with Crippen molar-refractivity contribution >= 4 is 0 Å². The fourth-order valence-corrected chi connectivity index (χ4v) is 1.90. The number of hydrogen-bond acceptors (Lipinski definition) is 4. The van der Waals surface area contributed by atoms with Gasteiger partial charge in [-0.05, 0) is 38.0 Å². The van der Waals surface area contributed by atoms with E-state index in [0.717, 1.165) is 0 Å². The molecule has 0 bridgehead atoms. The summed E-state index contributed by atoms with van der Waals surface area (Å²) in [5.74, 6) is -0.449. The second-order valence-electron chi connectivity index (χ2n) is 4.91. The molecule has 0 aromatic heterocycles. The number of rotatable bonds is 7. The van der Waals surface area contributed by atoms with Gasteiger partial charge < -0.3 is 15.3 Å². The summed E-state index contributed by atoms with van der Waals surface area (Å²) in [4.78, 5) is 2.02. The molecular formula is C14H22NO4. The maximum atomic E-state index is 10.5. The van der Waals surface area contributed by atoms with Crippen molar-refractivity contribution in [1.82, 2.24) is 4.90 Å². The van der Waals surface area contributed by atoms with Crippen LogP contribution in [0.5, 0.6) is 11.5 Å². The Labute approximate surface area is 113 Å². The van der Waals surface area contributed by atoms with Crippen molar-refractivity contribution < 1.29 is 20.4 Å². The average Bonchev–Trinajstić information content (AvgIpc) is 2.37. The molecule has 0 fully saturated rings. The van der Waals surface area contributed by atoms with E-state index < -0.39 is 6.10 Å². The highest BCUT2D eigenvalue weighted by atomic mass is 16.3. The lowest BCUT2D eigenvalue weighted by atomic mass is 10.1. The van der Waals surface area contributed by atoms with Crippen LogP contribution in [0.4, 0.5) is 0 Å². The van der Waals surface area contributed by atoms with E-state index in [2.05, 4.69) is 0 Å². The van der Waals surface area contributed by atoms with Crippen molar-refractivity contribution in [2.24, 2.45) is 0 Å². The Bertz CT molecular complexity index is 395. The number of phenols is 2. The van der Waals surface area contributed by atoms with Gasteiger partial charge in [-0.15, -0.1) is 0 Å². The first-order valence-corrected chi connectivity index (χ1v) is 6.47. The van der Waals surface area contributed by atoms with Gasteiger partial charge in [0, 0.05) is 19.1 Å². The molecule has 5 nitrogen and oxygen atoms in total. The fraction of sp³-hybridized carbons (Fsp3) is 0.571. The van der Waals surface area contributed by atoms with Crippen molar-refractivity contribution in [2.75, 3.05) is 19.7 Å². The van der Waals surface area contributed by atoms with Crippen LogP contribution >= 0.6 is 0 Å². The number of benzene rings is 1. The Morgan fingerprint density at radius 1 is 1.21 bits per heavy atom. The molecule has 0 aliphatic carbocycles. The summed E-state index contributed by atoms with van der Waals surface area (Å²) in [6.07, 6.45) is -0.216. The van der Waals surface area contributed by atoms with Gasteiger partial charge in [0.2, 0.25) is 0 Å². The van der Waals surface area contributed by atoms with E-state index in [-0.39, 0.29) is 24.1 Å². The maximum Gasteiger partial charge on any atom is 0.157 e. The van der Waals surface area contributed by atoms with Gasteiger partial charge in [-0.2, -0.15) is 0 Å². The molecule has 5 heteroatoms. The summed E-state index contributed by atoms with van der Waals surface area (Å²) in [5.41, 5.74) is 0.545. The van der Waals surface area contributed by atoms with Crippen LogP contribution in [-0.2, 0) is 5.11 Å². The van der Waals surface area contributed by atoms with E-state index in [4.69, 9.17) is 0 Å². The van der Waals surface area contributed by atoms with E-state index in [1.807, 2.05) is 18.7 Å². The first-order chi connectivity index (χ1) is 8.95. The van der Waals surface area contributed by atoms with Crippen molar-refractivity contribution in [3.8, 4) is 11.5 Å². The molecule has 0 aliphatic rings. The van der Waals surface area contributed by atoms with Crippen molar-refractivity contribution in [2.45, 2.75) is 32.4 Å². The number of nitrogens with zero attached hydrogens (tertiary/aromatic N) is 1. The third-order valence-electron chi connectivity index (χ3n) is 3.11. The molecule has 107 valence electrons. The van der Waals surface area contributed by atoms with E-state index in [1.165, 1.54) is 12.1 Å². The largest absolute Gasteiger partial charge is 0.504 e. The minimum atomic E-state index is -0.763. The van der Waals surface area contributed by atoms with Gasteiger partial charge in [-0.3, -0.25) is 4.90 Å². The Hall–Kier alpha value is -1.30. The molecule has 0 spiro atoms. The topological polar surface area (TPSA) is 83.8 Å². The number of aliphatic hydroxyl groups is 1. The zero-order valence-corrected chi connectivity index (χ0v) is 11.4. The molecule has 0 saturated heterocycles. The number of phenolic OH excluding ortho intramolecular Hbond substituents is 2. The normalized spacial score (nSPS) is 13.2. The van der Waals surface area contributed by atoms with Crippen LogP contribution in [0.25, 0.3) is 0 Å². The first-order valence-electron chi connectivity index (χ1n) is 6.47. The summed E-state index contributed by atoms with van der Waals surface area (Å²) in [5, 5.41) is 39.3. The molecule has 19 heavy (non-hydrogen) atoms. The Morgan fingerprint density at radius 3 is 2.42 bits per heavy atom. The summed E-state index contributed by atoms with van der Waals surface area (Å²) in [7, 11) is 0. The summed E-state index contributed by atoms with van der Waals surface area (Å²) >= 11 is 0. The van der Waals surface area contributed by atoms with Crippen LogP contribution in [0, 0.1) is 0 Å². The molecule has 1 aromatic carbocycles. The lowest BCUT2D eigenvalue weighted by Gasteiger charge is -2.28. The van der Waals surface area contributed by atoms with Crippen LogP contribution in [0.2, 0.25) is 0 Å². The van der Waals surface area contributed by atoms with Gasteiger partial charge in [0.15, 0.2) is 11.5 Å². The Kier molecular flexibility index (Phi) is 6.08. The van der Waals surface area contributed by atoms with Crippen LogP contribution < -0.4 is 0 Å². The Morgan fingerprint density at radius 2 is 1.89 bits per heavy atom. The van der Waals surface area contributed by atoms with E-state index >= 15 is 0 Å². The minimum absolute atomic E-state index is 0.126. The number of aromatic hydroxyl groups is 2. The molecule has 1 atom stereocenters. The molecule has 1 radical (unpaired) electrons. The first kappa shape index (κ1) is 15.8. The second-order valence-corrected chi connectivity index (χ2v) is 4.91. The van der Waals surface area contributed by atoms with Crippen molar-refractivity contribution in [1.29, 1.82) is 0 Å². The predicted octanol–water partition coefficient (Wildman–Crippen LogP) is 1.66. The highest BCUT2D eigenvalue weighted by molar-refractivity contribution is 5.41. The predicted molar refractivity (Wildman–Crippen MR) is 71.6 cm³/mol. The fourth-order valence-electron chi connectivity index (χ4n) is 1.90. The van der Waals surface area contributed by atoms with Crippen LogP contribution in [-0.4, -0.2) is 46.0 Å². The molecular weight excluding hydrogens is 246 g/mol. The average molecular weight is 268 g/mol. The van der Waals surface area contributed by atoms with Gasteiger partial charge in [0.25, 0.3) is 0 Å². The van der Waals surface area contributed by atoms with Crippen LogP contribution in [0.3, 0.4) is 0 Å². The molecule has 1 rings (SSSR count). The van der Waals surface area contributed by atoms with Gasteiger partial charge >= 0.3 is 0 Å². The summed E-state index contributed by atoms with van der Waals surface area (Å²) in [6, 6.07) is 4.51. The third kappa shape index (κ3) is 4.70. The lowest BCUT2D eigenvalue weighted by Crippen LogP contribution is -2.35. The molecule has 0 aliphatic heterocycles. The molecule has 3 N–H and O–H groups in total. The van der Waals surface area contributed by atoms with Gasteiger partial charge in [0.05, 0.1) is 12.7 Å². The van der Waals surface area contributed by atoms with E-state index in [0.29, 0.717) is 25.1 Å². The van der Waals surface area contributed by atoms with Gasteiger partial charge in [0.1, 0.15) is 0 Å². The zero-order valence-electron chi connectivity index (χ0n) is 11.4. The number of hydrogen-bond donors (Lipinski definition) is 3. The van der Waals surface area contributed by atoms with Crippen LogP contribution in [0.1, 0.15) is 31.9 Å². The zero-order chi connectivity index (χ0) is 14.4. The molecule has 0 amide bonds. The van der Waals surface area contributed by atoms with Gasteiger partial charge in [-0.1, -0.05) is 6.07 Å². The summed E-state index contributed by atoms with van der Waals surface area (Å²) < 4.78 is 0. The monoisotopic (exact) mass is 268 g/mol. The second kappa shape index (κ2) is 7.33. The highest BCUT2D eigenvalue weighted by Crippen LogP contribution is 2.28. The Balaban J connectivity index is 2.69. The smallest absolute Gasteiger partial charge is 0.157 e. The lowest BCUT2D eigenvalue weighted by molar-refractivity contribution is 0.0849. The summed E-state index contributed by atoms with van der Waals surface area (Å²) in [6.45, 7) is 4.92. The maximum absolute atomic E-state index is 10.5. The van der Waals surface area contributed by atoms with E-state index in [1.54, 1.807) is 6.07 Å². The molecule has 0 saturated carbocycles. The van der Waals surface area contributed by atoms with E-state index in [9.17, 15) is 20.4 Å². The molecule has 1 unspecified atom stereocenters. The standard InChI is InChI=1S/C14H22NO4/c1-10(2)15(6-3-7-16)9-14(19)11-4-5-12(17)13(18)8-11/h4-5,8,10,14,17-19H,3,6-7,9H2,1-2H3. The molecule has 1 aromatic rings. The number of aliphatic hydroxyl groups excluding tert-OH is 1. The third-order valence-corrected chi connectivity index (χ3v) is 3.11. The highest BCUT2D eigenvalue weighted by Gasteiger charge is 2.17. The van der Waals surface area contributed by atoms with Crippen molar-refractivity contribution in [3.63, 3.8) is 0 Å². The van der Waals surface area contributed by atoms with Crippen LogP contribution in [0.15, 0.2) is 18.2 Å². The quantitative estimate of drug-likeness (QED) is 0.657. The SMILES string of the molecule is CC(C)N(CCC[O])CC(O)c1ccc(O)c(O)c1.